The molecule has 7 heteroatoms. The average molecular weight is 476 g/mol. The van der Waals surface area contributed by atoms with E-state index in [1.807, 2.05) is 11.1 Å². The molecule has 2 fully saturated rings. The highest BCUT2D eigenvalue weighted by atomic mass is 16.2. The van der Waals surface area contributed by atoms with Crippen molar-refractivity contribution in [3.8, 4) is 0 Å². The molecule has 3 heterocycles. The predicted molar refractivity (Wildman–Crippen MR) is 138 cm³/mol. The minimum absolute atomic E-state index is 0.0789. The summed E-state index contributed by atoms with van der Waals surface area (Å²) in [4.78, 5) is 33.8. The number of amides is 2. The van der Waals surface area contributed by atoms with Crippen LogP contribution in [0.5, 0.6) is 0 Å². The van der Waals surface area contributed by atoms with Gasteiger partial charge in [-0.05, 0) is 42.9 Å². The van der Waals surface area contributed by atoms with Crippen molar-refractivity contribution in [1.82, 2.24) is 24.7 Å². The van der Waals surface area contributed by atoms with Gasteiger partial charge in [0.05, 0.1) is 12.6 Å². The molecule has 2 aliphatic rings. The molecule has 2 saturated heterocycles. The van der Waals surface area contributed by atoms with E-state index in [9.17, 15) is 9.59 Å². The van der Waals surface area contributed by atoms with Gasteiger partial charge in [0.25, 0.3) is 0 Å². The summed E-state index contributed by atoms with van der Waals surface area (Å²) in [5, 5.41) is 3.30. The Labute approximate surface area is 207 Å². The van der Waals surface area contributed by atoms with Crippen LogP contribution in [0.1, 0.15) is 73.6 Å². The van der Waals surface area contributed by atoms with Crippen LogP contribution in [0.2, 0.25) is 0 Å². The molecule has 1 aromatic rings. The smallest absolute Gasteiger partial charge is 0.242 e. The van der Waals surface area contributed by atoms with Crippen molar-refractivity contribution in [2.45, 2.75) is 86.7 Å². The number of aromatic nitrogens is 2. The summed E-state index contributed by atoms with van der Waals surface area (Å²) in [5.41, 5.74) is 0. The number of carbonyl (C=O) groups excluding carboxylic acids is 2. The first-order valence-corrected chi connectivity index (χ1v) is 13.4. The van der Waals surface area contributed by atoms with E-state index in [0.717, 1.165) is 63.6 Å². The van der Waals surface area contributed by atoms with E-state index in [-0.39, 0.29) is 24.4 Å². The first kappa shape index (κ1) is 28.3. The van der Waals surface area contributed by atoms with Crippen molar-refractivity contribution in [2.75, 3.05) is 32.7 Å². The van der Waals surface area contributed by atoms with Crippen LogP contribution in [0.3, 0.4) is 0 Å². The number of imidazole rings is 1. The lowest BCUT2D eigenvalue weighted by Gasteiger charge is -2.36. The number of hydrogen-bond acceptors (Lipinski definition) is 4. The third kappa shape index (κ3) is 9.40. The van der Waals surface area contributed by atoms with E-state index >= 15 is 0 Å². The van der Waals surface area contributed by atoms with Gasteiger partial charge < -0.3 is 19.7 Å². The van der Waals surface area contributed by atoms with Crippen LogP contribution in [0.25, 0.3) is 0 Å². The quantitative estimate of drug-likeness (QED) is 0.620. The highest BCUT2D eigenvalue weighted by Gasteiger charge is 2.32. The number of likely N-dealkylation sites (tertiary alicyclic amines) is 1. The Bertz CT molecular complexity index is 747. The topological polar surface area (TPSA) is 70.5 Å². The van der Waals surface area contributed by atoms with Crippen molar-refractivity contribution < 1.29 is 9.59 Å². The van der Waals surface area contributed by atoms with Gasteiger partial charge in [0, 0.05) is 51.5 Å². The molecular formula is C27H49N5O2. The zero-order valence-corrected chi connectivity index (χ0v) is 22.7. The van der Waals surface area contributed by atoms with E-state index in [0.29, 0.717) is 24.3 Å². The summed E-state index contributed by atoms with van der Waals surface area (Å²) in [6, 6.07) is -0.146. The number of piperidine rings is 1. The maximum Gasteiger partial charge on any atom is 0.242 e. The van der Waals surface area contributed by atoms with E-state index in [4.69, 9.17) is 0 Å². The minimum Gasteiger partial charge on any atom is -0.341 e. The summed E-state index contributed by atoms with van der Waals surface area (Å²) in [7, 11) is 0. The van der Waals surface area contributed by atoms with E-state index in [2.05, 4.69) is 69.5 Å². The molecule has 34 heavy (non-hydrogen) atoms. The number of nitrogens with one attached hydrogen (secondary N) is 1. The third-order valence-corrected chi connectivity index (χ3v) is 6.22. The first-order valence-electron chi connectivity index (χ1n) is 13.4. The molecule has 0 spiro atoms. The molecule has 2 aliphatic heterocycles. The zero-order valence-electron chi connectivity index (χ0n) is 22.7. The first-order chi connectivity index (χ1) is 16.1. The van der Waals surface area contributed by atoms with Crippen LogP contribution in [0, 0.1) is 23.7 Å². The monoisotopic (exact) mass is 475 g/mol. The SMILES string of the molecule is CC(C)C.CC(C)CC1NCCN(CC(=O)N2CCC(Cc3nccn3CC(C)C)CC2)C1=O. The van der Waals surface area contributed by atoms with Crippen LogP contribution in [0.15, 0.2) is 12.4 Å². The highest BCUT2D eigenvalue weighted by molar-refractivity contribution is 5.88. The number of nitrogens with zero attached hydrogens (tertiary/aromatic N) is 4. The van der Waals surface area contributed by atoms with Gasteiger partial charge in [-0.25, -0.2) is 4.98 Å². The Kier molecular flexibility index (Phi) is 11.6. The molecule has 1 unspecified atom stereocenters. The highest BCUT2D eigenvalue weighted by Crippen LogP contribution is 2.22. The molecular weight excluding hydrogens is 426 g/mol. The predicted octanol–water partition coefficient (Wildman–Crippen LogP) is 3.83. The summed E-state index contributed by atoms with van der Waals surface area (Å²) >= 11 is 0. The Balaban J connectivity index is 0.000000945. The summed E-state index contributed by atoms with van der Waals surface area (Å²) in [6.07, 6.45) is 7.78. The molecule has 1 aromatic heterocycles. The average Bonchev–Trinajstić information content (AvgIpc) is 3.16. The van der Waals surface area contributed by atoms with Crippen molar-refractivity contribution in [3.63, 3.8) is 0 Å². The van der Waals surface area contributed by atoms with Crippen LogP contribution in [-0.4, -0.2) is 69.9 Å². The molecule has 1 atom stereocenters. The minimum atomic E-state index is -0.146. The Morgan fingerprint density at radius 1 is 1.06 bits per heavy atom. The molecule has 2 amide bonds. The number of rotatable bonds is 8. The fourth-order valence-electron chi connectivity index (χ4n) is 4.60. The molecule has 7 nitrogen and oxygen atoms in total. The van der Waals surface area contributed by atoms with E-state index in [1.54, 1.807) is 4.90 Å². The molecule has 0 saturated carbocycles. The summed E-state index contributed by atoms with van der Waals surface area (Å²) in [6.45, 7) is 19.4. The lowest BCUT2D eigenvalue weighted by atomic mass is 9.93. The molecule has 1 N–H and O–H groups in total. The number of piperazine rings is 1. The molecule has 0 aliphatic carbocycles. The Hall–Kier alpha value is -1.89. The van der Waals surface area contributed by atoms with Gasteiger partial charge in [-0.1, -0.05) is 48.5 Å². The lowest BCUT2D eigenvalue weighted by molar-refractivity contribution is -0.144. The van der Waals surface area contributed by atoms with Gasteiger partial charge in [-0.2, -0.15) is 0 Å². The Morgan fingerprint density at radius 2 is 1.71 bits per heavy atom. The van der Waals surface area contributed by atoms with Gasteiger partial charge in [0.2, 0.25) is 11.8 Å². The maximum atomic E-state index is 12.8. The largest absolute Gasteiger partial charge is 0.341 e. The van der Waals surface area contributed by atoms with Crippen LogP contribution in [0.4, 0.5) is 0 Å². The van der Waals surface area contributed by atoms with Crippen molar-refractivity contribution in [3.05, 3.63) is 18.2 Å². The van der Waals surface area contributed by atoms with Gasteiger partial charge in [-0.15, -0.1) is 0 Å². The van der Waals surface area contributed by atoms with Crippen molar-refractivity contribution >= 4 is 11.8 Å². The fraction of sp³-hybridized carbons (Fsp3) is 0.815. The second kappa shape index (κ2) is 13.9. The normalized spacial score (nSPS) is 19.7. The number of carbonyl (C=O) groups is 2. The lowest BCUT2D eigenvalue weighted by Crippen LogP contribution is -2.57. The van der Waals surface area contributed by atoms with E-state index in [1.165, 1.54) is 0 Å². The van der Waals surface area contributed by atoms with Gasteiger partial charge >= 0.3 is 0 Å². The summed E-state index contributed by atoms with van der Waals surface area (Å²) in [5.74, 6) is 3.79. The summed E-state index contributed by atoms with van der Waals surface area (Å²) < 4.78 is 2.27. The Morgan fingerprint density at radius 3 is 2.29 bits per heavy atom. The molecule has 0 aromatic carbocycles. The van der Waals surface area contributed by atoms with Crippen molar-refractivity contribution in [2.24, 2.45) is 23.7 Å². The second-order valence-electron chi connectivity index (χ2n) is 11.5. The molecule has 3 rings (SSSR count). The molecule has 0 radical (unpaired) electrons. The van der Waals surface area contributed by atoms with Crippen LogP contribution < -0.4 is 5.32 Å². The van der Waals surface area contributed by atoms with Crippen LogP contribution in [-0.2, 0) is 22.6 Å². The van der Waals surface area contributed by atoms with Gasteiger partial charge in [0.15, 0.2) is 0 Å². The van der Waals surface area contributed by atoms with Gasteiger partial charge in [-0.3, -0.25) is 9.59 Å². The van der Waals surface area contributed by atoms with Crippen molar-refractivity contribution in [1.29, 1.82) is 0 Å². The third-order valence-electron chi connectivity index (χ3n) is 6.22. The zero-order chi connectivity index (χ0) is 25.3. The standard InChI is InChI=1S/C23H39N5O2.C4H10/c1-17(2)13-20-23(30)28(12-7-24-20)16-22(29)26-9-5-19(6-10-26)14-21-25-8-11-27(21)15-18(3)4;1-4(2)3/h8,11,17-20,24H,5-7,9-10,12-16H2,1-4H3;4H,1-3H3. The number of hydrogen-bond donors (Lipinski definition) is 1. The fourth-order valence-corrected chi connectivity index (χ4v) is 4.60. The second-order valence-corrected chi connectivity index (χ2v) is 11.5. The molecule has 194 valence electrons. The maximum absolute atomic E-state index is 12.8. The van der Waals surface area contributed by atoms with Crippen LogP contribution >= 0.6 is 0 Å². The molecule has 0 bridgehead atoms. The van der Waals surface area contributed by atoms with E-state index < -0.39 is 0 Å². The van der Waals surface area contributed by atoms with Gasteiger partial charge in [0.1, 0.15) is 5.82 Å².